The van der Waals surface area contributed by atoms with Gasteiger partial charge in [0.2, 0.25) is 11.8 Å². The summed E-state index contributed by atoms with van der Waals surface area (Å²) in [5, 5.41) is 3.27. The van der Waals surface area contributed by atoms with Gasteiger partial charge in [-0.25, -0.2) is 4.98 Å². The van der Waals surface area contributed by atoms with Gasteiger partial charge in [0, 0.05) is 24.9 Å². The number of carbonyl (C=O) groups is 1. The maximum absolute atomic E-state index is 12.6. The van der Waals surface area contributed by atoms with Gasteiger partial charge in [-0.2, -0.15) is 13.2 Å². The molecule has 0 fully saturated rings. The minimum Gasteiger partial charge on any atom is -0.439 e. The van der Waals surface area contributed by atoms with E-state index < -0.39 is 11.7 Å². The van der Waals surface area contributed by atoms with Gasteiger partial charge in [0.05, 0.1) is 22.0 Å². The predicted octanol–water partition coefficient (Wildman–Crippen LogP) is 6.46. The van der Waals surface area contributed by atoms with E-state index in [-0.39, 0.29) is 11.8 Å². The van der Waals surface area contributed by atoms with Crippen LogP contribution < -0.4 is 10.1 Å². The Labute approximate surface area is 188 Å². The molecule has 0 spiro atoms. The lowest BCUT2D eigenvalue weighted by Crippen LogP contribution is -2.12. The fourth-order valence-corrected chi connectivity index (χ4v) is 3.24. The van der Waals surface area contributed by atoms with Crippen LogP contribution in [0.15, 0.2) is 54.9 Å². The molecule has 0 saturated heterocycles. The molecule has 168 valence electrons. The van der Waals surface area contributed by atoms with Crippen molar-refractivity contribution in [3.05, 3.63) is 76.7 Å². The van der Waals surface area contributed by atoms with E-state index in [0.29, 0.717) is 42.1 Å². The SMILES string of the molecule is CCc1nccc(NC(=O)CCCc2ccc(Oc3ccc(C(F)(F)F)cn3)cc2)c1Cl. The molecule has 0 aliphatic rings. The van der Waals surface area contributed by atoms with Gasteiger partial charge in [0.1, 0.15) is 5.75 Å². The zero-order valence-corrected chi connectivity index (χ0v) is 18.0. The second-order valence-corrected chi connectivity index (χ2v) is 7.38. The topological polar surface area (TPSA) is 64.1 Å². The Morgan fingerprint density at radius 1 is 1.09 bits per heavy atom. The first-order valence-electron chi connectivity index (χ1n) is 9.99. The monoisotopic (exact) mass is 463 g/mol. The molecule has 32 heavy (non-hydrogen) atoms. The summed E-state index contributed by atoms with van der Waals surface area (Å²) in [4.78, 5) is 20.1. The van der Waals surface area contributed by atoms with E-state index in [1.165, 1.54) is 6.07 Å². The van der Waals surface area contributed by atoms with Crippen LogP contribution in [0.2, 0.25) is 5.02 Å². The van der Waals surface area contributed by atoms with Crippen molar-refractivity contribution in [1.82, 2.24) is 9.97 Å². The Morgan fingerprint density at radius 2 is 1.84 bits per heavy atom. The summed E-state index contributed by atoms with van der Waals surface area (Å²) in [7, 11) is 0. The number of nitrogens with one attached hydrogen (secondary N) is 1. The largest absolute Gasteiger partial charge is 0.439 e. The number of benzene rings is 1. The number of nitrogens with zero attached hydrogens (tertiary/aromatic N) is 2. The standard InChI is InChI=1S/C23H21ClF3N3O2/c1-2-18-22(24)19(12-13-28-18)30-20(31)5-3-4-15-6-9-17(10-7-15)32-21-11-8-16(14-29-21)23(25,26)27/h6-14H,2-5H2,1H3,(H,28,30,31). The van der Waals surface area contributed by atoms with Crippen LogP contribution in [0.5, 0.6) is 11.6 Å². The number of hydrogen-bond donors (Lipinski definition) is 1. The van der Waals surface area contributed by atoms with Crippen molar-refractivity contribution in [1.29, 1.82) is 0 Å². The third-order valence-corrected chi connectivity index (χ3v) is 5.07. The second kappa shape index (κ2) is 10.5. The van der Waals surface area contributed by atoms with Crippen molar-refractivity contribution < 1.29 is 22.7 Å². The van der Waals surface area contributed by atoms with E-state index in [1.807, 2.05) is 19.1 Å². The number of alkyl halides is 3. The maximum Gasteiger partial charge on any atom is 0.417 e. The van der Waals surface area contributed by atoms with Gasteiger partial charge < -0.3 is 10.1 Å². The van der Waals surface area contributed by atoms with Gasteiger partial charge in [0.15, 0.2) is 0 Å². The number of pyridine rings is 2. The molecule has 0 atom stereocenters. The van der Waals surface area contributed by atoms with Crippen molar-refractivity contribution in [3.8, 4) is 11.6 Å². The molecule has 3 rings (SSSR count). The number of aryl methyl sites for hydroxylation is 2. The summed E-state index contributed by atoms with van der Waals surface area (Å²) in [5.41, 5.74) is 1.46. The number of carbonyl (C=O) groups excluding carboxylic acids is 1. The summed E-state index contributed by atoms with van der Waals surface area (Å²) in [6.07, 6.45) is 0.228. The van der Waals surface area contributed by atoms with Crippen LogP contribution in [0.1, 0.15) is 36.6 Å². The van der Waals surface area contributed by atoms with E-state index in [2.05, 4.69) is 15.3 Å². The summed E-state index contributed by atoms with van der Waals surface area (Å²) < 4.78 is 43.2. The fraction of sp³-hybridized carbons (Fsp3) is 0.261. The molecular weight excluding hydrogens is 443 g/mol. The van der Waals surface area contributed by atoms with E-state index in [9.17, 15) is 18.0 Å². The molecule has 0 radical (unpaired) electrons. The predicted molar refractivity (Wildman–Crippen MR) is 116 cm³/mol. The molecule has 0 bridgehead atoms. The zero-order valence-electron chi connectivity index (χ0n) is 17.2. The Morgan fingerprint density at radius 3 is 2.47 bits per heavy atom. The molecule has 3 aromatic rings. The molecule has 0 aliphatic heterocycles. The molecule has 0 unspecified atom stereocenters. The van der Waals surface area contributed by atoms with Crippen LogP contribution in [0.3, 0.4) is 0 Å². The number of halogens is 4. The first kappa shape index (κ1) is 23.5. The van der Waals surface area contributed by atoms with E-state index in [4.69, 9.17) is 16.3 Å². The lowest BCUT2D eigenvalue weighted by Gasteiger charge is -2.10. The minimum absolute atomic E-state index is 0.0726. The van der Waals surface area contributed by atoms with E-state index >= 15 is 0 Å². The molecule has 9 heteroatoms. The van der Waals surface area contributed by atoms with Crippen molar-refractivity contribution in [3.63, 3.8) is 0 Å². The lowest BCUT2D eigenvalue weighted by molar-refractivity contribution is -0.137. The molecule has 1 amide bonds. The Kier molecular flexibility index (Phi) is 7.69. The summed E-state index contributed by atoms with van der Waals surface area (Å²) >= 11 is 6.24. The Balaban J connectivity index is 1.47. The number of amides is 1. The highest BCUT2D eigenvalue weighted by Crippen LogP contribution is 2.30. The first-order valence-corrected chi connectivity index (χ1v) is 10.4. The molecule has 0 saturated carbocycles. The molecule has 5 nitrogen and oxygen atoms in total. The average molecular weight is 464 g/mol. The smallest absolute Gasteiger partial charge is 0.417 e. The molecule has 2 heterocycles. The summed E-state index contributed by atoms with van der Waals surface area (Å²) in [6, 6.07) is 10.9. The molecule has 1 N–H and O–H groups in total. The van der Waals surface area contributed by atoms with Crippen LogP contribution in [-0.2, 0) is 23.8 Å². The van der Waals surface area contributed by atoms with Crippen LogP contribution in [0.25, 0.3) is 0 Å². The maximum atomic E-state index is 12.6. The number of aromatic nitrogens is 2. The second-order valence-electron chi connectivity index (χ2n) is 7.00. The zero-order chi connectivity index (χ0) is 23.1. The van der Waals surface area contributed by atoms with Crippen molar-refractivity contribution >= 4 is 23.2 Å². The molecular formula is C23H21ClF3N3O2. The minimum atomic E-state index is -4.44. The third-order valence-electron chi connectivity index (χ3n) is 4.65. The van der Waals surface area contributed by atoms with E-state index in [1.54, 1.807) is 24.4 Å². The summed E-state index contributed by atoms with van der Waals surface area (Å²) in [5.74, 6) is 0.398. The molecule has 2 aromatic heterocycles. The van der Waals surface area contributed by atoms with E-state index in [0.717, 1.165) is 23.5 Å². The van der Waals surface area contributed by atoms with Gasteiger partial charge in [-0.05, 0) is 49.1 Å². The van der Waals surface area contributed by atoms with Crippen molar-refractivity contribution in [2.45, 2.75) is 38.8 Å². The van der Waals surface area contributed by atoms with Crippen LogP contribution >= 0.6 is 11.6 Å². The Hall–Kier alpha value is -3.13. The number of anilines is 1. The van der Waals surface area contributed by atoms with Crippen LogP contribution in [0.4, 0.5) is 18.9 Å². The number of ether oxygens (including phenoxy) is 1. The van der Waals surface area contributed by atoms with Crippen molar-refractivity contribution in [2.24, 2.45) is 0 Å². The van der Waals surface area contributed by atoms with Gasteiger partial charge in [-0.15, -0.1) is 0 Å². The van der Waals surface area contributed by atoms with Gasteiger partial charge in [0.25, 0.3) is 0 Å². The first-order chi connectivity index (χ1) is 15.3. The van der Waals surface area contributed by atoms with Crippen LogP contribution in [0, 0.1) is 0 Å². The fourth-order valence-electron chi connectivity index (χ4n) is 2.95. The highest BCUT2D eigenvalue weighted by molar-refractivity contribution is 6.34. The van der Waals surface area contributed by atoms with Crippen molar-refractivity contribution in [2.75, 3.05) is 5.32 Å². The van der Waals surface area contributed by atoms with Gasteiger partial charge >= 0.3 is 6.18 Å². The van der Waals surface area contributed by atoms with Crippen LogP contribution in [-0.4, -0.2) is 15.9 Å². The lowest BCUT2D eigenvalue weighted by atomic mass is 10.1. The van der Waals surface area contributed by atoms with Gasteiger partial charge in [-0.3, -0.25) is 9.78 Å². The molecule has 0 aliphatic carbocycles. The quantitative estimate of drug-likeness (QED) is 0.416. The molecule has 1 aromatic carbocycles. The highest BCUT2D eigenvalue weighted by atomic mass is 35.5. The highest BCUT2D eigenvalue weighted by Gasteiger charge is 2.30. The number of hydrogen-bond acceptors (Lipinski definition) is 4. The summed E-state index contributed by atoms with van der Waals surface area (Å²) in [6.45, 7) is 1.94. The van der Waals surface area contributed by atoms with Gasteiger partial charge in [-0.1, -0.05) is 30.7 Å². The third kappa shape index (κ3) is 6.43. The average Bonchev–Trinajstić information content (AvgIpc) is 2.76. The number of rotatable bonds is 8. The normalized spacial score (nSPS) is 11.3. The Bertz CT molecular complexity index is 1060.